The summed E-state index contributed by atoms with van der Waals surface area (Å²) in [5, 5.41) is 8.84. The number of benzene rings is 9. The Bertz CT molecular complexity index is 4210. The summed E-state index contributed by atoms with van der Waals surface area (Å²) in [6, 6.07) is 68.0. The largest absolute Gasteiger partial charge is 0.456 e. The Kier molecular flexibility index (Phi) is 7.46. The number of thiophene rings is 1. The second kappa shape index (κ2) is 13.6. The predicted molar refractivity (Wildman–Crippen MR) is 263 cm³/mol. The number of fused-ring (bicyclic) bond motifs is 12. The van der Waals surface area contributed by atoms with E-state index in [1.54, 1.807) is 11.3 Å². The summed E-state index contributed by atoms with van der Waals surface area (Å²) in [6.07, 6.45) is 0. The van der Waals surface area contributed by atoms with E-state index in [0.717, 1.165) is 88.3 Å². The first kappa shape index (κ1) is 35.2. The van der Waals surface area contributed by atoms with E-state index in [9.17, 15) is 0 Å². The highest BCUT2D eigenvalue weighted by Gasteiger charge is 2.22. The molecule has 0 aliphatic rings. The van der Waals surface area contributed by atoms with Crippen LogP contribution < -0.4 is 0 Å². The SMILES string of the molecule is c1ccc(-n2c3ccccc3c3ccc(-c4ccc5oc6cccc(-c7nc(-c8ccc9c(c8)oc8ccccc89)nc(-c8cccc9sc%10ccccc%10c89)n7)c6c5c4)cc32)cc1. The van der Waals surface area contributed by atoms with Crippen LogP contribution in [0.2, 0.25) is 0 Å². The fourth-order valence-electron chi connectivity index (χ4n) is 9.77. The number of para-hydroxylation sites is 3. The van der Waals surface area contributed by atoms with Gasteiger partial charge in [-0.05, 0) is 83.9 Å². The van der Waals surface area contributed by atoms with Gasteiger partial charge in [0.05, 0.1) is 11.0 Å². The van der Waals surface area contributed by atoms with Crippen molar-refractivity contribution in [3.8, 4) is 51.0 Å². The second-order valence-electron chi connectivity index (χ2n) is 16.3. The molecule has 5 heterocycles. The zero-order valence-corrected chi connectivity index (χ0v) is 34.8. The molecule has 0 saturated carbocycles. The van der Waals surface area contributed by atoms with E-state index in [1.807, 2.05) is 36.4 Å². The minimum Gasteiger partial charge on any atom is -0.456 e. The molecular formula is C57H32N4O2S. The number of rotatable bonds is 5. The molecule has 298 valence electrons. The van der Waals surface area contributed by atoms with Crippen molar-refractivity contribution in [2.45, 2.75) is 0 Å². The first-order chi connectivity index (χ1) is 31.7. The predicted octanol–water partition coefficient (Wildman–Crippen LogP) is 15.8. The van der Waals surface area contributed by atoms with Crippen LogP contribution in [0.3, 0.4) is 0 Å². The molecule has 14 rings (SSSR count). The Labute approximate surface area is 368 Å². The average molecular weight is 837 g/mol. The van der Waals surface area contributed by atoms with Gasteiger partial charge in [-0.15, -0.1) is 11.3 Å². The molecule has 0 fully saturated rings. The first-order valence-corrected chi connectivity index (χ1v) is 22.1. The molecule has 7 heteroatoms. The molecule has 5 aromatic heterocycles. The van der Waals surface area contributed by atoms with E-state index >= 15 is 0 Å². The maximum Gasteiger partial charge on any atom is 0.164 e. The van der Waals surface area contributed by atoms with Gasteiger partial charge < -0.3 is 13.4 Å². The highest BCUT2D eigenvalue weighted by atomic mass is 32.1. The van der Waals surface area contributed by atoms with Gasteiger partial charge in [-0.25, -0.2) is 15.0 Å². The van der Waals surface area contributed by atoms with Crippen LogP contribution in [0, 0.1) is 0 Å². The van der Waals surface area contributed by atoms with E-state index in [2.05, 4.69) is 162 Å². The van der Waals surface area contributed by atoms with Gasteiger partial charge in [0.2, 0.25) is 0 Å². The van der Waals surface area contributed by atoms with Gasteiger partial charge in [0, 0.05) is 74.9 Å². The van der Waals surface area contributed by atoms with Crippen LogP contribution in [0.15, 0.2) is 203 Å². The molecule has 0 saturated heterocycles. The summed E-state index contributed by atoms with van der Waals surface area (Å²) in [7, 11) is 0. The van der Waals surface area contributed by atoms with Gasteiger partial charge in [-0.3, -0.25) is 0 Å². The Morgan fingerprint density at radius 3 is 1.83 bits per heavy atom. The topological polar surface area (TPSA) is 69.9 Å². The standard InChI is InChI=1S/C57H32N4O2S/c1-2-12-36(13-3-1)61-45-19-7-4-14-37(45)38-27-24-34(31-46(38)61)33-26-29-48-44(30-33)53-42(17-10-21-49(53)62-48)56-58-55(35-25-28-40-39-15-5-8-20-47(39)63-50(40)32-35)59-57(60-56)43-18-11-23-52-54(43)41-16-6-9-22-51(41)64-52/h1-32H. The summed E-state index contributed by atoms with van der Waals surface area (Å²) >= 11 is 1.78. The monoisotopic (exact) mass is 836 g/mol. The molecule has 9 aromatic carbocycles. The molecule has 0 atom stereocenters. The Balaban J connectivity index is 0.985. The Hall–Kier alpha value is -8.39. The fraction of sp³-hybridized carbons (Fsp3) is 0. The molecule has 0 aliphatic heterocycles. The van der Waals surface area contributed by atoms with Crippen molar-refractivity contribution < 1.29 is 8.83 Å². The summed E-state index contributed by atoms with van der Waals surface area (Å²) in [5.41, 5.74) is 11.5. The van der Waals surface area contributed by atoms with Gasteiger partial charge >= 0.3 is 0 Å². The fourth-order valence-corrected chi connectivity index (χ4v) is 10.9. The summed E-state index contributed by atoms with van der Waals surface area (Å²) in [6.45, 7) is 0. The zero-order chi connectivity index (χ0) is 41.9. The third-order valence-corrected chi connectivity index (χ3v) is 13.8. The van der Waals surface area contributed by atoms with E-state index in [-0.39, 0.29) is 0 Å². The third-order valence-electron chi connectivity index (χ3n) is 12.7. The zero-order valence-electron chi connectivity index (χ0n) is 34.0. The highest BCUT2D eigenvalue weighted by molar-refractivity contribution is 7.25. The lowest BCUT2D eigenvalue weighted by molar-refractivity contribution is 0.668. The van der Waals surface area contributed by atoms with Gasteiger partial charge in [0.25, 0.3) is 0 Å². The lowest BCUT2D eigenvalue weighted by Gasteiger charge is -2.11. The maximum atomic E-state index is 6.61. The average Bonchev–Trinajstić information content (AvgIpc) is 4.12. The van der Waals surface area contributed by atoms with Crippen LogP contribution >= 0.6 is 11.3 Å². The smallest absolute Gasteiger partial charge is 0.164 e. The van der Waals surface area contributed by atoms with E-state index < -0.39 is 0 Å². The van der Waals surface area contributed by atoms with Crippen LogP contribution in [-0.4, -0.2) is 19.5 Å². The molecule has 0 radical (unpaired) electrons. The lowest BCUT2D eigenvalue weighted by Crippen LogP contribution is -2.00. The number of hydrogen-bond donors (Lipinski definition) is 0. The quantitative estimate of drug-likeness (QED) is 0.173. The van der Waals surface area contributed by atoms with E-state index in [0.29, 0.717) is 17.5 Å². The van der Waals surface area contributed by atoms with Gasteiger partial charge in [-0.2, -0.15) is 0 Å². The first-order valence-electron chi connectivity index (χ1n) is 21.3. The van der Waals surface area contributed by atoms with Crippen molar-refractivity contribution >= 4 is 97.2 Å². The Morgan fingerprint density at radius 2 is 0.938 bits per heavy atom. The van der Waals surface area contributed by atoms with Crippen molar-refractivity contribution in [3.05, 3.63) is 194 Å². The van der Waals surface area contributed by atoms with Crippen molar-refractivity contribution in [2.24, 2.45) is 0 Å². The van der Waals surface area contributed by atoms with Gasteiger partial charge in [-0.1, -0.05) is 121 Å². The molecular weight excluding hydrogens is 805 g/mol. The van der Waals surface area contributed by atoms with Crippen LogP contribution in [0.1, 0.15) is 0 Å². The van der Waals surface area contributed by atoms with Gasteiger partial charge in [0.15, 0.2) is 17.5 Å². The molecule has 6 nitrogen and oxygen atoms in total. The van der Waals surface area contributed by atoms with Crippen LogP contribution in [0.4, 0.5) is 0 Å². The molecule has 0 amide bonds. The molecule has 0 unspecified atom stereocenters. The second-order valence-corrected chi connectivity index (χ2v) is 17.4. The summed E-state index contributed by atoms with van der Waals surface area (Å²) in [4.78, 5) is 15.9. The Morgan fingerprint density at radius 1 is 0.344 bits per heavy atom. The number of aromatic nitrogens is 4. The van der Waals surface area contributed by atoms with Crippen LogP contribution in [-0.2, 0) is 0 Å². The maximum absolute atomic E-state index is 6.61. The molecule has 0 spiro atoms. The van der Waals surface area contributed by atoms with Crippen LogP contribution in [0.25, 0.3) is 137 Å². The minimum absolute atomic E-state index is 0.562. The van der Waals surface area contributed by atoms with Crippen LogP contribution in [0.5, 0.6) is 0 Å². The van der Waals surface area contributed by atoms with Crippen molar-refractivity contribution in [1.82, 2.24) is 19.5 Å². The molecule has 14 aromatic rings. The number of nitrogens with zero attached hydrogens (tertiary/aromatic N) is 4. The molecule has 64 heavy (non-hydrogen) atoms. The van der Waals surface area contributed by atoms with E-state index in [4.69, 9.17) is 23.8 Å². The number of hydrogen-bond acceptors (Lipinski definition) is 6. The minimum atomic E-state index is 0.562. The molecule has 0 bridgehead atoms. The van der Waals surface area contributed by atoms with E-state index in [1.165, 1.54) is 31.1 Å². The molecule has 0 aliphatic carbocycles. The molecule has 0 N–H and O–H groups in total. The van der Waals surface area contributed by atoms with Crippen molar-refractivity contribution in [3.63, 3.8) is 0 Å². The lowest BCUT2D eigenvalue weighted by atomic mass is 9.99. The van der Waals surface area contributed by atoms with Crippen molar-refractivity contribution in [1.29, 1.82) is 0 Å². The summed E-state index contributed by atoms with van der Waals surface area (Å²) in [5.74, 6) is 1.73. The van der Waals surface area contributed by atoms with Gasteiger partial charge in [0.1, 0.15) is 22.3 Å². The highest BCUT2D eigenvalue weighted by Crippen LogP contribution is 2.43. The number of furan rings is 2. The summed E-state index contributed by atoms with van der Waals surface area (Å²) < 4.78 is 17.7. The normalized spacial score (nSPS) is 12.1. The van der Waals surface area contributed by atoms with Crippen molar-refractivity contribution in [2.75, 3.05) is 0 Å². The third kappa shape index (κ3) is 5.28.